The minimum atomic E-state index is -3.86. The fourth-order valence-corrected chi connectivity index (χ4v) is 4.96. The molecule has 0 aromatic heterocycles. The number of amides is 2. The van der Waals surface area contributed by atoms with E-state index in [1.165, 1.54) is 12.1 Å². The van der Waals surface area contributed by atoms with Crippen LogP contribution in [0, 0.1) is 0 Å². The first-order valence-electron chi connectivity index (χ1n) is 7.57. The highest BCUT2D eigenvalue weighted by molar-refractivity contribution is 7.92. The molecule has 1 unspecified atom stereocenters. The Balaban J connectivity index is 1.82. The van der Waals surface area contributed by atoms with Gasteiger partial charge in [-0.05, 0) is 25.0 Å². The van der Waals surface area contributed by atoms with E-state index in [4.69, 9.17) is 27.9 Å². The minimum absolute atomic E-state index is 0.0444. The van der Waals surface area contributed by atoms with Gasteiger partial charge in [-0.2, -0.15) is 0 Å². The van der Waals surface area contributed by atoms with Gasteiger partial charge in [0.15, 0.2) is 15.6 Å². The average molecular weight is 407 g/mol. The van der Waals surface area contributed by atoms with Gasteiger partial charge in [-0.15, -0.1) is 0 Å². The number of benzene rings is 1. The minimum Gasteiger partial charge on any atom is -0.504 e. The Morgan fingerprint density at radius 1 is 1.28 bits per heavy atom. The summed E-state index contributed by atoms with van der Waals surface area (Å²) in [4.78, 5) is 11.7. The molecule has 0 radical (unpaired) electrons. The Kier molecular flexibility index (Phi) is 5.15. The molecule has 0 spiro atoms. The number of phenolic OH excluding ortho intramolecular Hbond substituents is 1. The summed E-state index contributed by atoms with van der Waals surface area (Å²) in [7, 11) is -3.86. The van der Waals surface area contributed by atoms with E-state index in [1.807, 2.05) is 6.08 Å². The number of rotatable bonds is 4. The second-order valence-electron chi connectivity index (χ2n) is 5.79. The van der Waals surface area contributed by atoms with Crippen LogP contribution < -0.4 is 10.6 Å². The van der Waals surface area contributed by atoms with E-state index < -0.39 is 31.8 Å². The summed E-state index contributed by atoms with van der Waals surface area (Å²) in [5.74, 6) is -0.595. The molecule has 1 aromatic carbocycles. The number of aromatic hydroxyl groups is 1. The van der Waals surface area contributed by atoms with Gasteiger partial charge in [0, 0.05) is 5.03 Å². The molecule has 1 aliphatic carbocycles. The second-order valence-corrected chi connectivity index (χ2v) is 8.80. The fraction of sp³-hybridized carbons (Fsp3) is 0.400. The van der Waals surface area contributed by atoms with Crippen molar-refractivity contribution >= 4 is 44.8 Å². The zero-order valence-electron chi connectivity index (χ0n) is 13.0. The van der Waals surface area contributed by atoms with E-state index >= 15 is 0 Å². The van der Waals surface area contributed by atoms with Crippen molar-refractivity contribution in [2.45, 2.75) is 29.0 Å². The lowest BCUT2D eigenvalue weighted by atomic mass is 10.2. The number of allylic oxidation sites excluding steroid dienone is 1. The number of hydrogen-bond donors (Lipinski definition) is 3. The summed E-state index contributed by atoms with van der Waals surface area (Å²) < 4.78 is 30.0. The summed E-state index contributed by atoms with van der Waals surface area (Å²) in [6, 6.07) is 1.74. The predicted octanol–water partition coefficient (Wildman–Crippen LogP) is 2.62. The zero-order valence-corrected chi connectivity index (χ0v) is 15.3. The third-order valence-corrected chi connectivity index (χ3v) is 7.07. The Labute approximate surface area is 154 Å². The van der Waals surface area contributed by atoms with Crippen molar-refractivity contribution < 1.29 is 23.1 Å². The maximum atomic E-state index is 12.5. The second kappa shape index (κ2) is 7.03. The van der Waals surface area contributed by atoms with Gasteiger partial charge in [0.2, 0.25) is 0 Å². The first kappa shape index (κ1) is 18.3. The standard InChI is InChI=1S/C15H16Cl2N2O5S/c16-9-2-1-3-11(9)18-15(21)19-12-5-4-10(17)14(13(12)20)25(22,23)8-6-24-7-8/h2,4-5,8,11,20H,1,3,6-7H2,(H2,18,19,21). The van der Waals surface area contributed by atoms with E-state index in [2.05, 4.69) is 10.6 Å². The average Bonchev–Trinajstić information content (AvgIpc) is 2.85. The molecular formula is C15H16Cl2N2O5S. The van der Waals surface area contributed by atoms with Crippen LogP contribution in [0.15, 0.2) is 28.1 Å². The lowest BCUT2D eigenvalue weighted by molar-refractivity contribution is 0.0415. The van der Waals surface area contributed by atoms with Crippen LogP contribution in [0.25, 0.3) is 0 Å². The van der Waals surface area contributed by atoms with Gasteiger partial charge < -0.3 is 20.5 Å². The molecule has 0 bridgehead atoms. The molecular weight excluding hydrogens is 391 g/mol. The number of hydrogen-bond acceptors (Lipinski definition) is 5. The summed E-state index contributed by atoms with van der Waals surface area (Å²) in [6.07, 6.45) is 3.26. The van der Waals surface area contributed by atoms with Crippen molar-refractivity contribution in [2.24, 2.45) is 0 Å². The van der Waals surface area contributed by atoms with Gasteiger partial charge in [-0.25, -0.2) is 13.2 Å². The molecule has 2 aliphatic rings. The van der Waals surface area contributed by atoms with E-state index in [9.17, 15) is 18.3 Å². The van der Waals surface area contributed by atoms with Gasteiger partial charge in [0.05, 0.1) is 30.0 Å². The monoisotopic (exact) mass is 406 g/mol. The predicted molar refractivity (Wildman–Crippen MR) is 94.0 cm³/mol. The van der Waals surface area contributed by atoms with E-state index in [1.54, 1.807) is 0 Å². The van der Waals surface area contributed by atoms with Crippen LogP contribution in [-0.4, -0.2) is 44.1 Å². The molecule has 1 aliphatic heterocycles. The summed E-state index contributed by atoms with van der Waals surface area (Å²) in [5, 5.41) is 15.1. The topological polar surface area (TPSA) is 105 Å². The van der Waals surface area contributed by atoms with E-state index in [0.717, 1.165) is 6.42 Å². The quantitative estimate of drug-likeness (QED) is 0.666. The summed E-state index contributed by atoms with van der Waals surface area (Å²) in [6.45, 7) is 0.0888. The lowest BCUT2D eigenvalue weighted by Gasteiger charge is -2.26. The molecule has 25 heavy (non-hydrogen) atoms. The number of phenols is 1. The summed E-state index contributed by atoms with van der Waals surface area (Å²) >= 11 is 12.0. The Morgan fingerprint density at radius 3 is 2.56 bits per heavy atom. The van der Waals surface area contributed by atoms with Gasteiger partial charge in [-0.3, -0.25) is 0 Å². The molecule has 1 atom stereocenters. The molecule has 3 N–H and O–H groups in total. The number of carbonyl (C=O) groups is 1. The Hall–Kier alpha value is -1.48. The van der Waals surface area contributed by atoms with Crippen molar-refractivity contribution in [3.8, 4) is 5.75 Å². The van der Waals surface area contributed by atoms with Crippen LogP contribution >= 0.6 is 23.2 Å². The number of nitrogens with one attached hydrogen (secondary N) is 2. The first-order chi connectivity index (χ1) is 11.8. The highest BCUT2D eigenvalue weighted by Gasteiger charge is 2.38. The van der Waals surface area contributed by atoms with Crippen LogP contribution in [0.3, 0.4) is 0 Å². The van der Waals surface area contributed by atoms with Crippen molar-refractivity contribution in [3.63, 3.8) is 0 Å². The molecule has 1 saturated heterocycles. The molecule has 1 fully saturated rings. The molecule has 10 heteroatoms. The number of anilines is 1. The van der Waals surface area contributed by atoms with Gasteiger partial charge in [0.1, 0.15) is 10.1 Å². The van der Waals surface area contributed by atoms with Crippen LogP contribution in [-0.2, 0) is 14.6 Å². The maximum Gasteiger partial charge on any atom is 0.319 e. The highest BCUT2D eigenvalue weighted by atomic mass is 35.5. The Bertz CT molecular complexity index is 837. The van der Waals surface area contributed by atoms with Crippen LogP contribution in [0.5, 0.6) is 5.75 Å². The van der Waals surface area contributed by atoms with Gasteiger partial charge in [0.25, 0.3) is 0 Å². The molecule has 7 nitrogen and oxygen atoms in total. The molecule has 3 rings (SSSR count). The maximum absolute atomic E-state index is 12.5. The molecule has 1 heterocycles. The summed E-state index contributed by atoms with van der Waals surface area (Å²) in [5.41, 5.74) is -0.0567. The molecule has 2 amide bonds. The van der Waals surface area contributed by atoms with Crippen molar-refractivity contribution in [2.75, 3.05) is 18.5 Å². The third-order valence-electron chi connectivity index (χ3n) is 4.10. The normalized spacial score (nSPS) is 20.7. The van der Waals surface area contributed by atoms with Crippen molar-refractivity contribution in [1.82, 2.24) is 5.32 Å². The van der Waals surface area contributed by atoms with Gasteiger partial charge in [-0.1, -0.05) is 29.3 Å². The number of urea groups is 1. The number of ether oxygens (including phenoxy) is 1. The zero-order chi connectivity index (χ0) is 18.2. The van der Waals surface area contributed by atoms with Crippen LogP contribution in [0.2, 0.25) is 5.02 Å². The number of carbonyl (C=O) groups excluding carboxylic acids is 1. The fourth-order valence-electron chi connectivity index (χ4n) is 2.60. The third kappa shape index (κ3) is 3.57. The highest BCUT2D eigenvalue weighted by Crippen LogP contribution is 2.39. The molecule has 0 saturated carbocycles. The molecule has 136 valence electrons. The number of halogens is 2. The Morgan fingerprint density at radius 2 is 2.00 bits per heavy atom. The number of sulfone groups is 1. The van der Waals surface area contributed by atoms with Crippen LogP contribution in [0.1, 0.15) is 12.8 Å². The van der Waals surface area contributed by atoms with Crippen LogP contribution in [0.4, 0.5) is 10.5 Å². The van der Waals surface area contributed by atoms with Crippen molar-refractivity contribution in [3.05, 3.63) is 28.3 Å². The largest absolute Gasteiger partial charge is 0.504 e. The van der Waals surface area contributed by atoms with E-state index in [0.29, 0.717) is 11.5 Å². The van der Waals surface area contributed by atoms with Gasteiger partial charge >= 0.3 is 6.03 Å². The SMILES string of the molecule is O=C(Nc1ccc(Cl)c(S(=O)(=O)C2COC2)c1O)NC1CCC=C1Cl. The van der Waals surface area contributed by atoms with E-state index in [-0.39, 0.29) is 30.0 Å². The smallest absolute Gasteiger partial charge is 0.319 e. The lowest BCUT2D eigenvalue weighted by Crippen LogP contribution is -2.40. The van der Waals surface area contributed by atoms with Crippen molar-refractivity contribution in [1.29, 1.82) is 0 Å². The first-order valence-corrected chi connectivity index (χ1v) is 9.87. The molecule has 1 aromatic rings.